The summed E-state index contributed by atoms with van der Waals surface area (Å²) in [6, 6.07) is 7.95. The molecule has 0 aliphatic heterocycles. The lowest BCUT2D eigenvalue weighted by Crippen LogP contribution is -2.32. The average Bonchev–Trinajstić information content (AvgIpc) is 2.48. The van der Waals surface area contributed by atoms with E-state index in [4.69, 9.17) is 0 Å². The van der Waals surface area contributed by atoms with Gasteiger partial charge in [0.05, 0.1) is 6.10 Å². The van der Waals surface area contributed by atoms with Gasteiger partial charge in [-0.3, -0.25) is 0 Å². The number of amides is 2. The van der Waals surface area contributed by atoms with Crippen molar-refractivity contribution in [2.75, 3.05) is 11.9 Å². The summed E-state index contributed by atoms with van der Waals surface area (Å²) in [6.07, 6.45) is -1.26. The Morgan fingerprint density at radius 3 is 2.57 bits per heavy atom. The quantitative estimate of drug-likeness (QED) is 0.808. The van der Waals surface area contributed by atoms with Crippen LogP contribution in [0.25, 0.3) is 0 Å². The molecule has 2 aromatic rings. The van der Waals surface area contributed by atoms with Gasteiger partial charge in [0.1, 0.15) is 11.6 Å². The Morgan fingerprint density at radius 2 is 1.91 bits per heavy atom. The summed E-state index contributed by atoms with van der Waals surface area (Å²) >= 11 is 0. The molecule has 0 saturated carbocycles. The maximum absolute atomic E-state index is 13.5. The Balaban J connectivity index is 1.93. The summed E-state index contributed by atoms with van der Waals surface area (Å²) in [6.45, 7) is 3.62. The van der Waals surface area contributed by atoms with Crippen LogP contribution in [-0.2, 0) is 0 Å². The Kier molecular flexibility index (Phi) is 5.28. The van der Waals surface area contributed by atoms with Gasteiger partial charge in [0.2, 0.25) is 0 Å². The van der Waals surface area contributed by atoms with Gasteiger partial charge in [0, 0.05) is 23.9 Å². The van der Waals surface area contributed by atoms with Gasteiger partial charge in [0.25, 0.3) is 0 Å². The van der Waals surface area contributed by atoms with Crippen molar-refractivity contribution in [1.29, 1.82) is 0 Å². The zero-order chi connectivity index (χ0) is 17.0. The van der Waals surface area contributed by atoms with Gasteiger partial charge in [-0.15, -0.1) is 0 Å². The molecule has 2 rings (SSSR count). The van der Waals surface area contributed by atoms with E-state index in [-0.39, 0.29) is 12.1 Å². The molecule has 1 atom stereocenters. The summed E-state index contributed by atoms with van der Waals surface area (Å²) in [7, 11) is 0. The molecule has 23 heavy (non-hydrogen) atoms. The number of urea groups is 1. The highest BCUT2D eigenvalue weighted by Gasteiger charge is 2.15. The van der Waals surface area contributed by atoms with E-state index in [2.05, 4.69) is 10.6 Å². The number of aryl methyl sites for hydroxylation is 2. The molecule has 0 unspecified atom stereocenters. The minimum atomic E-state index is -1.26. The van der Waals surface area contributed by atoms with E-state index in [0.717, 1.165) is 23.3 Å². The second-order valence-electron chi connectivity index (χ2n) is 5.34. The van der Waals surface area contributed by atoms with Gasteiger partial charge in [-0.2, -0.15) is 0 Å². The zero-order valence-corrected chi connectivity index (χ0v) is 12.9. The summed E-state index contributed by atoms with van der Waals surface area (Å²) in [5.41, 5.74) is 2.56. The number of carbonyl (C=O) groups excluding carboxylic acids is 1. The summed E-state index contributed by atoms with van der Waals surface area (Å²) in [5, 5.41) is 15.0. The molecule has 0 spiro atoms. The van der Waals surface area contributed by atoms with Crippen LogP contribution < -0.4 is 10.6 Å². The maximum Gasteiger partial charge on any atom is 0.319 e. The van der Waals surface area contributed by atoms with Crippen LogP contribution in [-0.4, -0.2) is 17.7 Å². The molecular formula is C17H18F2N2O2. The lowest BCUT2D eigenvalue weighted by atomic mass is 10.1. The van der Waals surface area contributed by atoms with Gasteiger partial charge in [-0.05, 0) is 31.5 Å². The molecule has 122 valence electrons. The van der Waals surface area contributed by atoms with Gasteiger partial charge >= 0.3 is 6.03 Å². The Morgan fingerprint density at radius 1 is 1.17 bits per heavy atom. The van der Waals surface area contributed by atoms with Gasteiger partial charge in [-0.25, -0.2) is 13.6 Å². The third-order valence-corrected chi connectivity index (χ3v) is 3.41. The highest BCUT2D eigenvalue weighted by atomic mass is 19.1. The van der Waals surface area contributed by atoms with Gasteiger partial charge in [-0.1, -0.05) is 23.8 Å². The molecule has 6 heteroatoms. The number of anilines is 1. The molecule has 3 N–H and O–H groups in total. The number of carbonyl (C=O) groups is 1. The molecule has 4 nitrogen and oxygen atoms in total. The van der Waals surface area contributed by atoms with Crippen molar-refractivity contribution in [2.24, 2.45) is 0 Å². The molecule has 0 saturated heterocycles. The van der Waals surface area contributed by atoms with E-state index >= 15 is 0 Å². The van der Waals surface area contributed by atoms with Crippen LogP contribution in [0.1, 0.15) is 22.8 Å². The first-order valence-electron chi connectivity index (χ1n) is 7.12. The average molecular weight is 320 g/mol. The number of hydrogen-bond acceptors (Lipinski definition) is 2. The Labute approximate surface area is 133 Å². The van der Waals surface area contributed by atoms with E-state index in [1.807, 2.05) is 26.0 Å². The highest BCUT2D eigenvalue weighted by molar-refractivity contribution is 5.90. The normalized spacial score (nSPS) is 11.9. The first-order valence-corrected chi connectivity index (χ1v) is 7.12. The first-order chi connectivity index (χ1) is 10.9. The summed E-state index contributed by atoms with van der Waals surface area (Å²) < 4.78 is 26.4. The second kappa shape index (κ2) is 7.19. The predicted octanol–water partition coefficient (Wildman–Crippen LogP) is 3.44. The zero-order valence-electron chi connectivity index (χ0n) is 12.9. The molecule has 0 aromatic heterocycles. The third-order valence-electron chi connectivity index (χ3n) is 3.41. The molecule has 0 radical (unpaired) electrons. The monoisotopic (exact) mass is 320 g/mol. The fourth-order valence-electron chi connectivity index (χ4n) is 2.19. The maximum atomic E-state index is 13.5. The number of halogens is 2. The van der Waals surface area contributed by atoms with Crippen molar-refractivity contribution < 1.29 is 18.7 Å². The van der Waals surface area contributed by atoms with Crippen molar-refractivity contribution in [3.63, 3.8) is 0 Å². The second-order valence-corrected chi connectivity index (χ2v) is 5.34. The minimum absolute atomic E-state index is 0.0711. The summed E-state index contributed by atoms with van der Waals surface area (Å²) in [5.74, 6) is -1.58. The molecule has 0 bridgehead atoms. The molecular weight excluding hydrogens is 302 g/mol. The van der Waals surface area contributed by atoms with E-state index in [1.165, 1.54) is 0 Å². The van der Waals surface area contributed by atoms with Crippen LogP contribution in [0.2, 0.25) is 0 Å². The van der Waals surface area contributed by atoms with Crippen LogP contribution in [0.4, 0.5) is 19.3 Å². The smallest absolute Gasteiger partial charge is 0.319 e. The number of hydrogen-bond donors (Lipinski definition) is 3. The minimum Gasteiger partial charge on any atom is -0.386 e. The SMILES string of the molecule is Cc1ccc(NC(=O)NC[C@@H](O)c2ccc(F)cc2F)c(C)c1. The van der Waals surface area contributed by atoms with E-state index in [0.29, 0.717) is 11.8 Å². The number of benzene rings is 2. The van der Waals surface area contributed by atoms with Crippen molar-refractivity contribution in [3.8, 4) is 0 Å². The fourth-order valence-corrected chi connectivity index (χ4v) is 2.19. The van der Waals surface area contributed by atoms with Crippen LogP contribution >= 0.6 is 0 Å². The highest BCUT2D eigenvalue weighted by Crippen LogP contribution is 2.18. The van der Waals surface area contributed by atoms with Crippen LogP contribution in [0, 0.1) is 25.5 Å². The molecule has 2 amide bonds. The standard InChI is InChI=1S/C17H18F2N2O2/c1-10-3-6-15(11(2)7-10)21-17(23)20-9-16(22)13-5-4-12(18)8-14(13)19/h3-8,16,22H,9H2,1-2H3,(H2,20,21,23)/t16-/m1/s1. The lowest BCUT2D eigenvalue weighted by molar-refractivity contribution is 0.170. The predicted molar refractivity (Wildman–Crippen MR) is 84.3 cm³/mol. The van der Waals surface area contributed by atoms with E-state index < -0.39 is 23.8 Å². The lowest BCUT2D eigenvalue weighted by Gasteiger charge is -2.14. The molecule has 0 heterocycles. The van der Waals surface area contributed by atoms with E-state index in [9.17, 15) is 18.7 Å². The Hall–Kier alpha value is -2.47. The first kappa shape index (κ1) is 16.9. The number of aliphatic hydroxyl groups is 1. The number of aliphatic hydroxyl groups excluding tert-OH is 1. The molecule has 2 aromatic carbocycles. The van der Waals surface area contributed by atoms with Crippen molar-refractivity contribution in [2.45, 2.75) is 20.0 Å². The largest absolute Gasteiger partial charge is 0.386 e. The molecule has 0 aliphatic carbocycles. The van der Waals surface area contributed by atoms with Crippen molar-refractivity contribution in [3.05, 3.63) is 64.7 Å². The molecule has 0 aliphatic rings. The Bertz CT molecular complexity index is 720. The van der Waals surface area contributed by atoms with Gasteiger partial charge < -0.3 is 15.7 Å². The van der Waals surface area contributed by atoms with Gasteiger partial charge in [0.15, 0.2) is 0 Å². The topological polar surface area (TPSA) is 61.4 Å². The van der Waals surface area contributed by atoms with Crippen LogP contribution in [0.3, 0.4) is 0 Å². The van der Waals surface area contributed by atoms with E-state index in [1.54, 1.807) is 6.07 Å². The van der Waals surface area contributed by atoms with Crippen molar-refractivity contribution >= 4 is 11.7 Å². The summed E-state index contributed by atoms with van der Waals surface area (Å²) in [4.78, 5) is 11.8. The van der Waals surface area contributed by atoms with Crippen LogP contribution in [0.5, 0.6) is 0 Å². The van der Waals surface area contributed by atoms with Crippen LogP contribution in [0.15, 0.2) is 36.4 Å². The third kappa shape index (κ3) is 4.50. The van der Waals surface area contributed by atoms with Crippen molar-refractivity contribution in [1.82, 2.24) is 5.32 Å². The molecule has 0 fully saturated rings. The number of nitrogens with one attached hydrogen (secondary N) is 2. The fraction of sp³-hybridized carbons (Fsp3) is 0.235. The number of rotatable bonds is 4.